The second kappa shape index (κ2) is 8.85. The van der Waals surface area contributed by atoms with Gasteiger partial charge in [0.15, 0.2) is 0 Å². The number of nitrogens with zero attached hydrogens (tertiary/aromatic N) is 2. The van der Waals surface area contributed by atoms with Crippen LogP contribution < -0.4 is 10.2 Å². The van der Waals surface area contributed by atoms with E-state index in [4.69, 9.17) is 9.84 Å². The first-order valence-electron chi connectivity index (χ1n) is 9.50. The molecule has 0 aliphatic heterocycles. The Labute approximate surface area is 169 Å². The van der Waals surface area contributed by atoms with Crippen molar-refractivity contribution in [2.45, 2.75) is 25.7 Å². The fraction of sp³-hybridized carbons (Fsp3) is 0.217. The molecule has 3 aromatic rings. The van der Waals surface area contributed by atoms with Crippen LogP contribution in [0.3, 0.4) is 0 Å². The molecule has 1 fully saturated rings. The summed E-state index contributed by atoms with van der Waals surface area (Å²) in [5, 5.41) is 7.55. The van der Waals surface area contributed by atoms with Gasteiger partial charge in [-0.2, -0.15) is 5.10 Å². The van der Waals surface area contributed by atoms with E-state index in [1.807, 2.05) is 35.7 Å². The predicted molar refractivity (Wildman–Crippen MR) is 118 cm³/mol. The van der Waals surface area contributed by atoms with Gasteiger partial charge in [-0.05, 0) is 67.2 Å². The number of ether oxygens (including phenoxy) is 1. The van der Waals surface area contributed by atoms with E-state index in [2.05, 4.69) is 40.8 Å². The third-order valence-corrected chi connectivity index (χ3v) is 5.54. The van der Waals surface area contributed by atoms with Gasteiger partial charge in [-0.3, -0.25) is 5.43 Å². The molecule has 1 aliphatic rings. The quantitative estimate of drug-likeness (QED) is 0.525. The monoisotopic (exact) mass is 389 g/mol. The summed E-state index contributed by atoms with van der Waals surface area (Å²) >= 11 is 1.57. The highest BCUT2D eigenvalue weighted by molar-refractivity contribution is 7.14. The fourth-order valence-electron chi connectivity index (χ4n) is 3.28. The number of anilines is 1. The molecular weight excluding hydrogens is 366 g/mol. The molecule has 4 nitrogen and oxygen atoms in total. The molecule has 5 heteroatoms. The maximum atomic E-state index is 5.22. The lowest BCUT2D eigenvalue weighted by Gasteiger charge is -2.16. The SMILES string of the molecule is COc1ccc(-c2csc(N/N=C3\CCCC\C3=C/c3ccccc3)n2)cc1. The van der Waals surface area contributed by atoms with Gasteiger partial charge in [0.25, 0.3) is 0 Å². The zero-order chi connectivity index (χ0) is 19.2. The van der Waals surface area contributed by atoms with Crippen LogP contribution in [0.25, 0.3) is 17.3 Å². The summed E-state index contributed by atoms with van der Waals surface area (Å²) in [6.07, 6.45) is 6.73. The molecule has 28 heavy (non-hydrogen) atoms. The second-order valence-corrected chi connectivity index (χ2v) is 7.58. The third kappa shape index (κ3) is 4.49. The molecule has 1 N–H and O–H groups in total. The second-order valence-electron chi connectivity index (χ2n) is 6.72. The van der Waals surface area contributed by atoms with Gasteiger partial charge in [0.05, 0.1) is 18.5 Å². The molecule has 0 bridgehead atoms. The highest BCUT2D eigenvalue weighted by Crippen LogP contribution is 2.28. The van der Waals surface area contributed by atoms with E-state index in [0.717, 1.165) is 40.7 Å². The van der Waals surface area contributed by atoms with E-state index in [-0.39, 0.29) is 0 Å². The first-order valence-corrected chi connectivity index (χ1v) is 10.4. The minimum absolute atomic E-state index is 0.808. The van der Waals surface area contributed by atoms with Gasteiger partial charge >= 0.3 is 0 Å². The molecule has 1 aliphatic carbocycles. The van der Waals surface area contributed by atoms with E-state index in [1.165, 1.54) is 24.0 Å². The molecule has 4 rings (SSSR count). The number of hydrazone groups is 1. The van der Waals surface area contributed by atoms with Crippen molar-refractivity contribution >= 4 is 28.3 Å². The lowest BCUT2D eigenvalue weighted by molar-refractivity contribution is 0.415. The normalized spacial score (nSPS) is 17.0. The van der Waals surface area contributed by atoms with Gasteiger partial charge in [0.1, 0.15) is 5.75 Å². The number of thiazole rings is 1. The van der Waals surface area contributed by atoms with Crippen LogP contribution in [0.15, 0.2) is 70.7 Å². The first kappa shape index (κ1) is 18.4. The third-order valence-electron chi connectivity index (χ3n) is 4.80. The van der Waals surface area contributed by atoms with Gasteiger partial charge in [-0.25, -0.2) is 4.98 Å². The summed E-state index contributed by atoms with van der Waals surface area (Å²) in [6.45, 7) is 0. The van der Waals surface area contributed by atoms with E-state index >= 15 is 0 Å². The van der Waals surface area contributed by atoms with Crippen molar-refractivity contribution in [3.63, 3.8) is 0 Å². The molecule has 0 unspecified atom stereocenters. The Hall–Kier alpha value is -2.92. The summed E-state index contributed by atoms with van der Waals surface area (Å²) in [4.78, 5) is 4.67. The van der Waals surface area contributed by atoms with Crippen molar-refractivity contribution < 1.29 is 4.74 Å². The molecule has 0 atom stereocenters. The number of rotatable bonds is 5. The van der Waals surface area contributed by atoms with Crippen molar-refractivity contribution in [3.8, 4) is 17.0 Å². The standard InChI is InChI=1S/C23H23N3OS/c1-27-20-13-11-18(12-14-20)22-16-28-23(24-22)26-25-21-10-6-5-9-19(21)15-17-7-3-2-4-8-17/h2-4,7-8,11-16H,5-6,9-10H2,1H3,(H,24,26)/b19-15+,25-21+. The maximum Gasteiger partial charge on any atom is 0.203 e. The molecule has 142 valence electrons. The zero-order valence-electron chi connectivity index (χ0n) is 15.9. The maximum absolute atomic E-state index is 5.22. The summed E-state index contributed by atoms with van der Waals surface area (Å²) in [5.41, 5.74) is 8.86. The lowest BCUT2D eigenvalue weighted by atomic mass is 9.91. The van der Waals surface area contributed by atoms with Gasteiger partial charge in [-0.15, -0.1) is 11.3 Å². The van der Waals surface area contributed by atoms with Crippen LogP contribution in [0.4, 0.5) is 5.13 Å². The first-order chi connectivity index (χ1) is 13.8. The number of hydrogen-bond acceptors (Lipinski definition) is 5. The number of nitrogens with one attached hydrogen (secondary N) is 1. The van der Waals surface area contributed by atoms with Crippen LogP contribution >= 0.6 is 11.3 Å². The Morgan fingerprint density at radius 1 is 1.04 bits per heavy atom. The van der Waals surface area contributed by atoms with Gasteiger partial charge in [-0.1, -0.05) is 30.3 Å². The fourth-order valence-corrected chi connectivity index (χ4v) is 3.94. The zero-order valence-corrected chi connectivity index (χ0v) is 16.7. The molecule has 1 aromatic heterocycles. The Morgan fingerprint density at radius 3 is 2.61 bits per heavy atom. The predicted octanol–water partition coefficient (Wildman–Crippen LogP) is 6.24. The Balaban J connectivity index is 1.49. The molecule has 0 saturated heterocycles. The molecule has 1 heterocycles. The van der Waals surface area contributed by atoms with Gasteiger partial charge < -0.3 is 4.74 Å². The molecule has 1 saturated carbocycles. The lowest BCUT2D eigenvalue weighted by Crippen LogP contribution is -2.11. The summed E-state index contributed by atoms with van der Waals surface area (Å²) in [7, 11) is 1.67. The van der Waals surface area contributed by atoms with Crippen molar-refractivity contribution in [3.05, 3.63) is 71.1 Å². The number of allylic oxidation sites excluding steroid dienone is 1. The number of methoxy groups -OCH3 is 1. The summed E-state index contributed by atoms with van der Waals surface area (Å²) in [5.74, 6) is 0.846. The largest absolute Gasteiger partial charge is 0.497 e. The van der Waals surface area contributed by atoms with Crippen LogP contribution in [0, 0.1) is 0 Å². The smallest absolute Gasteiger partial charge is 0.203 e. The van der Waals surface area contributed by atoms with Crippen LogP contribution in [0.2, 0.25) is 0 Å². The van der Waals surface area contributed by atoms with Crippen molar-refractivity contribution in [2.24, 2.45) is 5.10 Å². The van der Waals surface area contributed by atoms with Crippen LogP contribution in [-0.2, 0) is 0 Å². The van der Waals surface area contributed by atoms with Crippen LogP contribution in [0.5, 0.6) is 5.75 Å². The highest BCUT2D eigenvalue weighted by Gasteiger charge is 2.14. The van der Waals surface area contributed by atoms with E-state index in [1.54, 1.807) is 18.4 Å². The molecule has 2 aromatic carbocycles. The van der Waals surface area contributed by atoms with Crippen molar-refractivity contribution in [1.29, 1.82) is 0 Å². The van der Waals surface area contributed by atoms with Gasteiger partial charge in [0, 0.05) is 10.9 Å². The number of benzene rings is 2. The van der Waals surface area contributed by atoms with Crippen molar-refractivity contribution in [2.75, 3.05) is 12.5 Å². The molecular formula is C23H23N3OS. The minimum atomic E-state index is 0.808. The Bertz CT molecular complexity index is 975. The Kier molecular flexibility index (Phi) is 5.83. The molecule has 0 spiro atoms. The average Bonchev–Trinajstić information content (AvgIpc) is 3.23. The highest BCUT2D eigenvalue weighted by atomic mass is 32.1. The number of aromatic nitrogens is 1. The van der Waals surface area contributed by atoms with E-state index in [0.29, 0.717) is 0 Å². The minimum Gasteiger partial charge on any atom is -0.497 e. The number of hydrogen-bond donors (Lipinski definition) is 1. The van der Waals surface area contributed by atoms with E-state index in [9.17, 15) is 0 Å². The summed E-state index contributed by atoms with van der Waals surface area (Å²) < 4.78 is 5.22. The van der Waals surface area contributed by atoms with Crippen molar-refractivity contribution in [1.82, 2.24) is 4.98 Å². The topological polar surface area (TPSA) is 46.5 Å². The van der Waals surface area contributed by atoms with Crippen LogP contribution in [0.1, 0.15) is 31.2 Å². The van der Waals surface area contributed by atoms with Gasteiger partial charge in [0.2, 0.25) is 5.13 Å². The van der Waals surface area contributed by atoms with E-state index < -0.39 is 0 Å². The molecule has 0 radical (unpaired) electrons. The molecule has 0 amide bonds. The summed E-state index contributed by atoms with van der Waals surface area (Å²) in [6, 6.07) is 18.4. The Morgan fingerprint density at radius 2 is 1.82 bits per heavy atom. The average molecular weight is 390 g/mol. The van der Waals surface area contributed by atoms with Crippen LogP contribution in [-0.4, -0.2) is 17.8 Å².